The number of hydrogen-bond donors (Lipinski definition) is 1. The second-order valence-corrected chi connectivity index (χ2v) is 6.89. The van der Waals surface area contributed by atoms with E-state index in [-0.39, 0.29) is 11.5 Å². The molecule has 0 radical (unpaired) electrons. The highest BCUT2D eigenvalue weighted by Gasteiger charge is 2.22. The SMILES string of the molecule is CCOC(=O)CC(C)(C)NCc1ccc(OC2CCCC2)cc1. The molecule has 0 unspecified atom stereocenters. The lowest BCUT2D eigenvalue weighted by Crippen LogP contribution is -2.41. The minimum Gasteiger partial charge on any atom is -0.490 e. The summed E-state index contributed by atoms with van der Waals surface area (Å²) in [5.74, 6) is 0.789. The molecule has 0 heterocycles. The molecule has 0 atom stereocenters. The molecule has 0 spiro atoms. The summed E-state index contributed by atoms with van der Waals surface area (Å²) in [6, 6.07) is 8.23. The van der Waals surface area contributed by atoms with E-state index in [1.54, 1.807) is 0 Å². The minimum absolute atomic E-state index is 0.162. The molecular weight excluding hydrogens is 290 g/mol. The number of carbonyl (C=O) groups is 1. The van der Waals surface area contributed by atoms with E-state index in [2.05, 4.69) is 17.4 Å². The zero-order valence-corrected chi connectivity index (χ0v) is 14.6. The number of hydrogen-bond acceptors (Lipinski definition) is 4. The van der Waals surface area contributed by atoms with Crippen LogP contribution in [0.15, 0.2) is 24.3 Å². The Morgan fingerprint density at radius 1 is 1.22 bits per heavy atom. The maximum atomic E-state index is 11.6. The molecule has 1 aromatic rings. The predicted molar refractivity (Wildman–Crippen MR) is 91.5 cm³/mol. The van der Waals surface area contributed by atoms with Crippen LogP contribution < -0.4 is 10.1 Å². The van der Waals surface area contributed by atoms with Crippen molar-refractivity contribution in [1.82, 2.24) is 5.32 Å². The first-order valence-corrected chi connectivity index (χ1v) is 8.65. The van der Waals surface area contributed by atoms with E-state index < -0.39 is 0 Å². The summed E-state index contributed by atoms with van der Waals surface area (Å²) in [6.07, 6.45) is 5.66. The molecule has 23 heavy (non-hydrogen) atoms. The third kappa shape index (κ3) is 6.22. The molecule has 0 saturated heterocycles. The van der Waals surface area contributed by atoms with Gasteiger partial charge in [-0.2, -0.15) is 0 Å². The number of esters is 1. The molecule has 1 aliphatic rings. The van der Waals surface area contributed by atoms with Crippen molar-refractivity contribution in [3.8, 4) is 5.75 Å². The van der Waals surface area contributed by atoms with E-state index in [9.17, 15) is 4.79 Å². The highest BCUT2D eigenvalue weighted by atomic mass is 16.5. The van der Waals surface area contributed by atoms with Crippen molar-refractivity contribution >= 4 is 5.97 Å². The molecule has 1 fully saturated rings. The summed E-state index contributed by atoms with van der Waals surface area (Å²) in [4.78, 5) is 11.6. The smallest absolute Gasteiger partial charge is 0.307 e. The Labute approximate surface area is 139 Å². The van der Waals surface area contributed by atoms with Crippen LogP contribution in [0.3, 0.4) is 0 Å². The van der Waals surface area contributed by atoms with Crippen LogP contribution in [-0.4, -0.2) is 24.2 Å². The van der Waals surface area contributed by atoms with Crippen molar-refractivity contribution in [2.45, 2.75) is 71.1 Å². The average molecular weight is 319 g/mol. The molecule has 128 valence electrons. The Balaban J connectivity index is 1.79. The monoisotopic (exact) mass is 319 g/mol. The minimum atomic E-state index is -0.286. The zero-order chi connectivity index (χ0) is 16.7. The molecule has 1 N–H and O–H groups in total. The van der Waals surface area contributed by atoms with E-state index in [0.717, 1.165) is 12.3 Å². The quantitative estimate of drug-likeness (QED) is 0.740. The molecule has 2 rings (SSSR count). The lowest BCUT2D eigenvalue weighted by Gasteiger charge is -2.25. The molecule has 1 aromatic carbocycles. The van der Waals surface area contributed by atoms with Crippen LogP contribution in [0.25, 0.3) is 0 Å². The fourth-order valence-electron chi connectivity index (χ4n) is 2.86. The van der Waals surface area contributed by atoms with Crippen LogP contribution in [0, 0.1) is 0 Å². The fraction of sp³-hybridized carbons (Fsp3) is 0.632. The number of benzene rings is 1. The number of ether oxygens (including phenoxy) is 2. The lowest BCUT2D eigenvalue weighted by molar-refractivity contribution is -0.144. The molecule has 0 aromatic heterocycles. The van der Waals surface area contributed by atoms with Crippen molar-refractivity contribution in [2.75, 3.05) is 6.61 Å². The van der Waals surface area contributed by atoms with Gasteiger partial charge in [0.25, 0.3) is 0 Å². The van der Waals surface area contributed by atoms with Gasteiger partial charge in [-0.25, -0.2) is 0 Å². The second-order valence-electron chi connectivity index (χ2n) is 6.89. The predicted octanol–water partition coefficient (Wildman–Crippen LogP) is 3.83. The van der Waals surface area contributed by atoms with Gasteiger partial charge in [-0.05, 0) is 64.2 Å². The van der Waals surface area contributed by atoms with Crippen molar-refractivity contribution < 1.29 is 14.3 Å². The normalized spacial score (nSPS) is 15.6. The molecule has 1 aliphatic carbocycles. The van der Waals surface area contributed by atoms with E-state index in [1.807, 2.05) is 32.9 Å². The van der Waals surface area contributed by atoms with E-state index in [4.69, 9.17) is 9.47 Å². The van der Waals surface area contributed by atoms with Gasteiger partial charge < -0.3 is 14.8 Å². The molecule has 0 aliphatic heterocycles. The van der Waals surface area contributed by atoms with Crippen molar-refractivity contribution in [3.63, 3.8) is 0 Å². The number of nitrogens with one attached hydrogen (secondary N) is 1. The van der Waals surface area contributed by atoms with Crippen molar-refractivity contribution in [3.05, 3.63) is 29.8 Å². The van der Waals surface area contributed by atoms with Gasteiger partial charge in [0, 0.05) is 12.1 Å². The average Bonchev–Trinajstić information content (AvgIpc) is 2.99. The van der Waals surface area contributed by atoms with Crippen LogP contribution in [0.2, 0.25) is 0 Å². The third-order valence-electron chi connectivity index (χ3n) is 4.19. The molecule has 0 amide bonds. The van der Waals surface area contributed by atoms with Gasteiger partial charge in [-0.3, -0.25) is 4.79 Å². The van der Waals surface area contributed by atoms with Gasteiger partial charge >= 0.3 is 5.97 Å². The number of rotatable bonds is 8. The first kappa shape index (κ1) is 17.8. The highest BCUT2D eigenvalue weighted by Crippen LogP contribution is 2.24. The first-order chi connectivity index (χ1) is 11.0. The Bertz CT molecular complexity index is 490. The first-order valence-electron chi connectivity index (χ1n) is 8.65. The van der Waals surface area contributed by atoms with E-state index in [1.165, 1.54) is 31.2 Å². The van der Waals surface area contributed by atoms with Gasteiger partial charge in [-0.1, -0.05) is 12.1 Å². The van der Waals surface area contributed by atoms with Crippen LogP contribution >= 0.6 is 0 Å². The zero-order valence-electron chi connectivity index (χ0n) is 14.6. The standard InChI is InChI=1S/C19H29NO3/c1-4-22-18(21)13-19(2,3)20-14-15-9-11-17(12-10-15)23-16-7-5-6-8-16/h9-12,16,20H,4-8,13-14H2,1-3H3. The molecule has 4 nitrogen and oxygen atoms in total. The van der Waals surface area contributed by atoms with Crippen molar-refractivity contribution in [1.29, 1.82) is 0 Å². The van der Waals surface area contributed by atoms with Crippen molar-refractivity contribution in [2.24, 2.45) is 0 Å². The maximum Gasteiger partial charge on any atom is 0.307 e. The van der Waals surface area contributed by atoms with E-state index >= 15 is 0 Å². The fourth-order valence-corrected chi connectivity index (χ4v) is 2.86. The highest BCUT2D eigenvalue weighted by molar-refractivity contribution is 5.70. The summed E-state index contributed by atoms with van der Waals surface area (Å²) in [5.41, 5.74) is 0.895. The largest absolute Gasteiger partial charge is 0.490 e. The lowest BCUT2D eigenvalue weighted by atomic mass is 10.0. The van der Waals surface area contributed by atoms with Crippen LogP contribution in [-0.2, 0) is 16.1 Å². The Kier molecular flexibility index (Phi) is 6.46. The number of carbonyl (C=O) groups excluding carboxylic acids is 1. The van der Waals surface area contributed by atoms with Gasteiger partial charge in [-0.15, -0.1) is 0 Å². The Morgan fingerprint density at radius 2 is 1.87 bits per heavy atom. The Morgan fingerprint density at radius 3 is 2.48 bits per heavy atom. The summed E-state index contributed by atoms with van der Waals surface area (Å²) in [6.45, 7) is 7.00. The summed E-state index contributed by atoms with van der Waals surface area (Å²) in [5, 5.41) is 3.42. The van der Waals surface area contributed by atoms with Crippen LogP contribution in [0.1, 0.15) is 58.4 Å². The van der Waals surface area contributed by atoms with Gasteiger partial charge in [0.15, 0.2) is 0 Å². The molecule has 4 heteroatoms. The molecule has 1 saturated carbocycles. The van der Waals surface area contributed by atoms with E-state index in [0.29, 0.717) is 19.1 Å². The van der Waals surface area contributed by atoms with Gasteiger partial charge in [0.2, 0.25) is 0 Å². The summed E-state index contributed by atoms with van der Waals surface area (Å²) in [7, 11) is 0. The topological polar surface area (TPSA) is 47.6 Å². The van der Waals surface area contributed by atoms with Gasteiger partial charge in [0.05, 0.1) is 19.1 Å². The summed E-state index contributed by atoms with van der Waals surface area (Å²) >= 11 is 0. The summed E-state index contributed by atoms with van der Waals surface area (Å²) < 4.78 is 11.0. The molecular formula is C19H29NO3. The second kappa shape index (κ2) is 8.34. The Hall–Kier alpha value is -1.55. The van der Waals surface area contributed by atoms with Crippen LogP contribution in [0.4, 0.5) is 0 Å². The van der Waals surface area contributed by atoms with Gasteiger partial charge in [0.1, 0.15) is 5.75 Å². The third-order valence-corrected chi connectivity index (χ3v) is 4.19. The van der Waals surface area contributed by atoms with Crippen LogP contribution in [0.5, 0.6) is 5.75 Å². The molecule has 0 bridgehead atoms. The maximum absolute atomic E-state index is 11.6.